The van der Waals surface area contributed by atoms with Crippen LogP contribution in [0.3, 0.4) is 0 Å². The van der Waals surface area contributed by atoms with E-state index in [1.807, 2.05) is 41.0 Å². The van der Waals surface area contributed by atoms with Gasteiger partial charge < -0.3 is 14.3 Å². The lowest BCUT2D eigenvalue weighted by molar-refractivity contribution is 0.101. The summed E-state index contributed by atoms with van der Waals surface area (Å²) in [6, 6.07) is 16.9. The summed E-state index contributed by atoms with van der Waals surface area (Å²) in [6.45, 7) is 0.570. The van der Waals surface area contributed by atoms with Gasteiger partial charge in [0, 0.05) is 24.9 Å². The van der Waals surface area contributed by atoms with Crippen LogP contribution in [0.25, 0.3) is 11.1 Å². The molecule has 1 amide bonds. The van der Waals surface area contributed by atoms with Crippen LogP contribution in [0, 0.1) is 0 Å². The molecule has 3 aromatic heterocycles. The highest BCUT2D eigenvalue weighted by Gasteiger charge is 2.18. The lowest BCUT2D eigenvalue weighted by atomic mass is 10.2. The molecule has 4 aromatic rings. The topological polar surface area (TPSA) is 60.1 Å². The van der Waals surface area contributed by atoms with Gasteiger partial charge in [-0.25, -0.2) is 4.98 Å². The largest absolute Gasteiger partial charge is 0.463 e. The Hall–Kier alpha value is -3.05. The maximum absolute atomic E-state index is 12.7. The third kappa shape index (κ3) is 3.14. The third-order valence-corrected chi connectivity index (χ3v) is 4.13. The Balaban J connectivity index is 1.68. The standard InChI is InChI=1S/C19H14ClN3O2/c20-14-6-7-18(21-11-14)22-19(24)16-10-17-15(8-9-25-17)23(16)12-13-4-2-1-3-5-13/h1-11H,12H2,(H,21,22,24). The molecule has 1 aromatic carbocycles. The van der Waals surface area contributed by atoms with E-state index in [9.17, 15) is 4.79 Å². The van der Waals surface area contributed by atoms with E-state index in [1.54, 1.807) is 24.5 Å². The Morgan fingerprint density at radius 1 is 1.16 bits per heavy atom. The molecule has 0 fully saturated rings. The highest BCUT2D eigenvalue weighted by molar-refractivity contribution is 6.30. The van der Waals surface area contributed by atoms with E-state index in [2.05, 4.69) is 10.3 Å². The summed E-state index contributed by atoms with van der Waals surface area (Å²) >= 11 is 5.83. The number of benzene rings is 1. The average molecular weight is 352 g/mol. The number of fused-ring (bicyclic) bond motifs is 1. The Morgan fingerprint density at radius 3 is 2.76 bits per heavy atom. The van der Waals surface area contributed by atoms with E-state index in [0.29, 0.717) is 28.7 Å². The molecule has 4 rings (SSSR count). The van der Waals surface area contributed by atoms with E-state index in [0.717, 1.165) is 11.1 Å². The van der Waals surface area contributed by atoms with Crippen molar-refractivity contribution in [1.29, 1.82) is 0 Å². The zero-order valence-corrected chi connectivity index (χ0v) is 13.9. The van der Waals surface area contributed by atoms with Crippen molar-refractivity contribution in [2.45, 2.75) is 6.54 Å². The minimum absolute atomic E-state index is 0.253. The molecule has 0 unspecified atom stereocenters. The number of aromatic nitrogens is 2. The molecule has 0 saturated carbocycles. The molecule has 0 atom stereocenters. The van der Waals surface area contributed by atoms with Crippen LogP contribution >= 0.6 is 11.6 Å². The molecule has 0 aliphatic heterocycles. The Kier molecular flexibility index (Phi) is 3.99. The lowest BCUT2D eigenvalue weighted by Gasteiger charge is -2.10. The number of rotatable bonds is 4. The maximum atomic E-state index is 12.7. The van der Waals surface area contributed by atoms with Crippen LogP contribution in [-0.2, 0) is 6.54 Å². The summed E-state index contributed by atoms with van der Waals surface area (Å²) in [7, 11) is 0. The van der Waals surface area contributed by atoms with Crippen molar-refractivity contribution < 1.29 is 9.21 Å². The van der Waals surface area contributed by atoms with E-state index in [-0.39, 0.29) is 5.91 Å². The molecule has 3 heterocycles. The normalized spacial score (nSPS) is 10.9. The molecule has 0 aliphatic carbocycles. The summed E-state index contributed by atoms with van der Waals surface area (Å²) in [6.07, 6.45) is 3.11. The van der Waals surface area contributed by atoms with Crippen molar-refractivity contribution in [2.75, 3.05) is 5.32 Å². The molecule has 124 valence electrons. The van der Waals surface area contributed by atoms with Gasteiger partial charge in [-0.3, -0.25) is 4.79 Å². The zero-order chi connectivity index (χ0) is 17.2. The third-order valence-electron chi connectivity index (χ3n) is 3.91. The number of hydrogen-bond acceptors (Lipinski definition) is 3. The van der Waals surface area contributed by atoms with Gasteiger partial charge in [0.15, 0.2) is 5.58 Å². The second kappa shape index (κ2) is 6.45. The molecule has 6 heteroatoms. The molecular formula is C19H14ClN3O2. The highest BCUT2D eigenvalue weighted by atomic mass is 35.5. The number of hydrogen-bond donors (Lipinski definition) is 1. The summed E-state index contributed by atoms with van der Waals surface area (Å²) < 4.78 is 7.39. The van der Waals surface area contributed by atoms with Crippen LogP contribution in [-0.4, -0.2) is 15.5 Å². The molecule has 1 N–H and O–H groups in total. The first-order chi connectivity index (χ1) is 12.2. The minimum atomic E-state index is -0.253. The Labute approximate surface area is 148 Å². The van der Waals surface area contributed by atoms with Crippen molar-refractivity contribution >= 4 is 34.4 Å². The Morgan fingerprint density at radius 2 is 2.00 bits per heavy atom. The first kappa shape index (κ1) is 15.5. The summed E-state index contributed by atoms with van der Waals surface area (Å²) in [4.78, 5) is 16.8. The van der Waals surface area contributed by atoms with Gasteiger partial charge in [-0.1, -0.05) is 41.9 Å². The predicted molar refractivity (Wildman–Crippen MR) is 96.9 cm³/mol. The number of pyridine rings is 1. The van der Waals surface area contributed by atoms with E-state index in [4.69, 9.17) is 16.0 Å². The van der Waals surface area contributed by atoms with Gasteiger partial charge in [0.25, 0.3) is 5.91 Å². The summed E-state index contributed by atoms with van der Waals surface area (Å²) in [5, 5.41) is 3.31. The van der Waals surface area contributed by atoms with Gasteiger partial charge in [-0.05, 0) is 17.7 Å². The first-order valence-corrected chi connectivity index (χ1v) is 8.12. The maximum Gasteiger partial charge on any atom is 0.273 e. The van der Waals surface area contributed by atoms with E-state index in [1.165, 1.54) is 6.20 Å². The SMILES string of the molecule is O=C(Nc1ccc(Cl)cn1)c1cc2occc2n1Cc1ccccc1. The molecule has 0 spiro atoms. The highest BCUT2D eigenvalue weighted by Crippen LogP contribution is 2.23. The number of carbonyl (C=O) groups excluding carboxylic acids is 1. The van der Waals surface area contributed by atoms with Crippen LogP contribution in [0.4, 0.5) is 5.82 Å². The number of carbonyl (C=O) groups is 1. The number of amides is 1. The van der Waals surface area contributed by atoms with Crippen LogP contribution in [0.1, 0.15) is 16.1 Å². The fourth-order valence-corrected chi connectivity index (χ4v) is 2.84. The zero-order valence-electron chi connectivity index (χ0n) is 13.1. The first-order valence-electron chi connectivity index (χ1n) is 7.74. The average Bonchev–Trinajstić information content (AvgIpc) is 3.21. The fourth-order valence-electron chi connectivity index (χ4n) is 2.73. The second-order valence-electron chi connectivity index (χ2n) is 5.59. The van der Waals surface area contributed by atoms with E-state index < -0.39 is 0 Å². The number of nitrogens with zero attached hydrogens (tertiary/aromatic N) is 2. The van der Waals surface area contributed by atoms with Gasteiger partial charge in [0.2, 0.25) is 0 Å². The molecule has 25 heavy (non-hydrogen) atoms. The smallest absolute Gasteiger partial charge is 0.273 e. The van der Waals surface area contributed by atoms with E-state index >= 15 is 0 Å². The minimum Gasteiger partial charge on any atom is -0.463 e. The van der Waals surface area contributed by atoms with Crippen molar-refractivity contribution in [1.82, 2.24) is 9.55 Å². The number of furan rings is 1. The second-order valence-corrected chi connectivity index (χ2v) is 6.02. The quantitative estimate of drug-likeness (QED) is 0.585. The van der Waals surface area contributed by atoms with Gasteiger partial charge in [-0.2, -0.15) is 0 Å². The summed E-state index contributed by atoms with van der Waals surface area (Å²) in [5.74, 6) is 0.190. The van der Waals surface area contributed by atoms with Crippen LogP contribution in [0.5, 0.6) is 0 Å². The molecule has 0 bridgehead atoms. The molecule has 0 aliphatic rings. The van der Waals surface area contributed by atoms with Gasteiger partial charge >= 0.3 is 0 Å². The molecular weight excluding hydrogens is 338 g/mol. The number of anilines is 1. The van der Waals surface area contributed by atoms with Crippen molar-refractivity contribution in [3.8, 4) is 0 Å². The van der Waals surface area contributed by atoms with Crippen LogP contribution in [0.2, 0.25) is 5.02 Å². The molecule has 5 nitrogen and oxygen atoms in total. The Bertz CT molecular complexity index is 1020. The van der Waals surface area contributed by atoms with Gasteiger partial charge in [0.05, 0.1) is 16.8 Å². The lowest BCUT2D eigenvalue weighted by Crippen LogP contribution is -2.18. The molecule has 0 saturated heterocycles. The monoisotopic (exact) mass is 351 g/mol. The van der Waals surface area contributed by atoms with Crippen molar-refractivity contribution in [2.24, 2.45) is 0 Å². The summed E-state index contributed by atoms with van der Waals surface area (Å²) in [5.41, 5.74) is 3.15. The number of nitrogens with one attached hydrogen (secondary N) is 1. The number of halogens is 1. The van der Waals surface area contributed by atoms with Gasteiger partial charge in [0.1, 0.15) is 11.5 Å². The molecule has 0 radical (unpaired) electrons. The predicted octanol–water partition coefficient (Wildman–Crippen LogP) is 4.58. The van der Waals surface area contributed by atoms with Crippen LogP contribution in [0.15, 0.2) is 71.5 Å². The van der Waals surface area contributed by atoms with Crippen LogP contribution < -0.4 is 5.32 Å². The fraction of sp³-hybridized carbons (Fsp3) is 0.0526. The van der Waals surface area contributed by atoms with Crippen molar-refractivity contribution in [3.05, 3.63) is 83.3 Å². The van der Waals surface area contributed by atoms with Crippen molar-refractivity contribution in [3.63, 3.8) is 0 Å². The van der Waals surface area contributed by atoms with Gasteiger partial charge in [-0.15, -0.1) is 0 Å².